The van der Waals surface area contributed by atoms with Gasteiger partial charge in [0.05, 0.1) is 6.67 Å². The summed E-state index contributed by atoms with van der Waals surface area (Å²) in [5, 5.41) is 0. The van der Waals surface area contributed by atoms with Crippen molar-refractivity contribution < 1.29 is 4.39 Å². The molecule has 0 atom stereocenters. The first-order valence-electron chi connectivity index (χ1n) is 14.0. The van der Waals surface area contributed by atoms with Crippen LogP contribution < -0.4 is 0 Å². The third kappa shape index (κ3) is 7.17. The maximum absolute atomic E-state index is 12.4. The van der Waals surface area contributed by atoms with Gasteiger partial charge in [-0.3, -0.25) is 4.39 Å². The molecule has 2 fully saturated rings. The van der Waals surface area contributed by atoms with Crippen LogP contribution in [-0.2, 0) is 12.8 Å². The monoisotopic (exact) mass is 448 g/mol. The van der Waals surface area contributed by atoms with Gasteiger partial charge in [-0.25, -0.2) is 0 Å². The molecule has 0 aliphatic heterocycles. The second kappa shape index (κ2) is 12.7. The van der Waals surface area contributed by atoms with Gasteiger partial charge in [0, 0.05) is 0 Å². The first kappa shape index (κ1) is 24.5. The summed E-state index contributed by atoms with van der Waals surface area (Å²) in [7, 11) is 0. The Morgan fingerprint density at radius 1 is 0.606 bits per heavy atom. The van der Waals surface area contributed by atoms with Crippen molar-refractivity contribution in [1.82, 2.24) is 0 Å². The highest BCUT2D eigenvalue weighted by atomic mass is 19.1. The Morgan fingerprint density at radius 2 is 1.06 bits per heavy atom. The zero-order valence-electron chi connectivity index (χ0n) is 20.9. The minimum absolute atomic E-state index is 0.231. The van der Waals surface area contributed by atoms with E-state index in [-0.39, 0.29) is 6.67 Å². The summed E-state index contributed by atoms with van der Waals surface area (Å²) < 4.78 is 12.4. The molecule has 0 spiro atoms. The predicted octanol–water partition coefficient (Wildman–Crippen LogP) is 9.60. The van der Waals surface area contributed by atoms with Crippen molar-refractivity contribution in [2.45, 2.75) is 96.8 Å². The first-order valence-corrected chi connectivity index (χ1v) is 14.0. The molecule has 0 bridgehead atoms. The Labute approximate surface area is 202 Å². The van der Waals surface area contributed by atoms with Gasteiger partial charge >= 0.3 is 0 Å². The molecule has 0 saturated heterocycles. The van der Waals surface area contributed by atoms with Crippen LogP contribution in [-0.4, -0.2) is 6.67 Å². The lowest BCUT2D eigenvalue weighted by Gasteiger charge is -2.38. The molecule has 2 aliphatic carbocycles. The standard InChI is InChI=1S/C32H45F/c1-2-4-25-8-16-29(17-9-25)31-20-12-27(13-21-31)6-7-28-14-22-32(23-15-28)30-18-10-26(11-19-30)5-3-24-33/h10-11,14-15,18-19,22-23,25,27,29,31H,2-9,12-13,16-17,20-21,24H2,1H3. The fourth-order valence-corrected chi connectivity index (χ4v) is 6.67. The molecular weight excluding hydrogens is 403 g/mol. The summed E-state index contributed by atoms with van der Waals surface area (Å²) in [6.45, 7) is 2.11. The van der Waals surface area contributed by atoms with Crippen LogP contribution in [0.2, 0.25) is 0 Å². The zero-order chi connectivity index (χ0) is 22.9. The Bertz CT molecular complexity index is 789. The quantitative estimate of drug-likeness (QED) is 0.339. The van der Waals surface area contributed by atoms with E-state index in [1.165, 1.54) is 99.3 Å². The van der Waals surface area contributed by atoms with Gasteiger partial charge in [0.2, 0.25) is 0 Å². The third-order valence-electron chi connectivity index (χ3n) is 8.83. The molecule has 1 heteroatoms. The van der Waals surface area contributed by atoms with E-state index in [1.807, 2.05) is 0 Å². The van der Waals surface area contributed by atoms with Gasteiger partial charge in [-0.1, -0.05) is 94.0 Å². The van der Waals surface area contributed by atoms with Crippen LogP contribution in [0.4, 0.5) is 4.39 Å². The van der Waals surface area contributed by atoms with Crippen molar-refractivity contribution in [1.29, 1.82) is 0 Å². The summed E-state index contributed by atoms with van der Waals surface area (Å²) in [6, 6.07) is 17.8. The molecule has 0 unspecified atom stereocenters. The number of hydrogen-bond acceptors (Lipinski definition) is 0. The summed E-state index contributed by atoms with van der Waals surface area (Å²) in [6.07, 6.45) is 18.9. The smallest absolute Gasteiger partial charge is 0.0897 e. The Morgan fingerprint density at radius 3 is 1.52 bits per heavy atom. The molecule has 0 N–H and O–H groups in total. The molecule has 0 radical (unpaired) electrons. The van der Waals surface area contributed by atoms with Crippen molar-refractivity contribution in [2.24, 2.45) is 23.7 Å². The summed E-state index contributed by atoms with van der Waals surface area (Å²) in [5.41, 5.74) is 5.25. The van der Waals surface area contributed by atoms with Crippen LogP contribution in [0, 0.1) is 23.7 Å². The van der Waals surface area contributed by atoms with E-state index in [1.54, 1.807) is 0 Å². The number of halogens is 1. The second-order valence-corrected chi connectivity index (χ2v) is 11.1. The van der Waals surface area contributed by atoms with E-state index in [4.69, 9.17) is 0 Å². The zero-order valence-corrected chi connectivity index (χ0v) is 20.9. The largest absolute Gasteiger partial charge is 0.251 e. The molecule has 2 aromatic carbocycles. The average molecular weight is 449 g/mol. The molecule has 0 nitrogen and oxygen atoms in total. The molecule has 0 heterocycles. The lowest BCUT2D eigenvalue weighted by atomic mass is 9.68. The normalized spacial score (nSPS) is 25.8. The van der Waals surface area contributed by atoms with Crippen LogP contribution in [0.3, 0.4) is 0 Å². The lowest BCUT2D eigenvalue weighted by molar-refractivity contribution is 0.141. The third-order valence-corrected chi connectivity index (χ3v) is 8.83. The van der Waals surface area contributed by atoms with E-state index in [0.717, 1.165) is 30.1 Å². The second-order valence-electron chi connectivity index (χ2n) is 11.1. The van der Waals surface area contributed by atoms with Gasteiger partial charge in [0.1, 0.15) is 0 Å². The van der Waals surface area contributed by atoms with Gasteiger partial charge in [-0.15, -0.1) is 0 Å². The number of alkyl halides is 1. The summed E-state index contributed by atoms with van der Waals surface area (Å²) in [5.74, 6) is 4.06. The van der Waals surface area contributed by atoms with Crippen molar-refractivity contribution in [2.75, 3.05) is 6.67 Å². The van der Waals surface area contributed by atoms with Crippen molar-refractivity contribution in [3.8, 4) is 11.1 Å². The summed E-state index contributed by atoms with van der Waals surface area (Å²) in [4.78, 5) is 0. The molecule has 33 heavy (non-hydrogen) atoms. The number of rotatable bonds is 10. The Hall–Kier alpha value is -1.63. The highest BCUT2D eigenvalue weighted by Gasteiger charge is 2.30. The Balaban J connectivity index is 1.18. The lowest BCUT2D eigenvalue weighted by Crippen LogP contribution is -2.26. The average Bonchev–Trinajstić information content (AvgIpc) is 2.88. The summed E-state index contributed by atoms with van der Waals surface area (Å²) >= 11 is 0. The van der Waals surface area contributed by atoms with Crippen LogP contribution >= 0.6 is 0 Å². The van der Waals surface area contributed by atoms with E-state index < -0.39 is 0 Å². The topological polar surface area (TPSA) is 0 Å². The van der Waals surface area contributed by atoms with Crippen molar-refractivity contribution >= 4 is 0 Å². The molecule has 4 rings (SSSR count). The van der Waals surface area contributed by atoms with Crippen molar-refractivity contribution in [3.63, 3.8) is 0 Å². The van der Waals surface area contributed by atoms with Crippen LogP contribution in [0.1, 0.15) is 95.1 Å². The predicted molar refractivity (Wildman–Crippen MR) is 140 cm³/mol. The van der Waals surface area contributed by atoms with Crippen LogP contribution in [0.15, 0.2) is 48.5 Å². The van der Waals surface area contributed by atoms with E-state index in [2.05, 4.69) is 55.5 Å². The molecule has 0 aromatic heterocycles. The number of aryl methyl sites for hydroxylation is 2. The van der Waals surface area contributed by atoms with Gasteiger partial charge in [-0.2, -0.15) is 0 Å². The van der Waals surface area contributed by atoms with Gasteiger partial charge in [0.25, 0.3) is 0 Å². The molecule has 2 aliphatic rings. The van der Waals surface area contributed by atoms with E-state index in [0.29, 0.717) is 6.42 Å². The van der Waals surface area contributed by atoms with Crippen molar-refractivity contribution in [3.05, 3.63) is 59.7 Å². The SMILES string of the molecule is CCCC1CCC(C2CCC(CCc3ccc(-c4ccc(CCCF)cc4)cc3)CC2)CC1. The fourth-order valence-electron chi connectivity index (χ4n) is 6.67. The minimum atomic E-state index is -0.231. The highest BCUT2D eigenvalue weighted by Crippen LogP contribution is 2.43. The van der Waals surface area contributed by atoms with Gasteiger partial charge in [-0.05, 0) is 97.3 Å². The number of hydrogen-bond donors (Lipinski definition) is 0. The van der Waals surface area contributed by atoms with Gasteiger partial charge in [0.15, 0.2) is 0 Å². The maximum atomic E-state index is 12.4. The molecule has 2 saturated carbocycles. The first-order chi connectivity index (χ1) is 16.2. The highest BCUT2D eigenvalue weighted by molar-refractivity contribution is 5.64. The molecule has 180 valence electrons. The van der Waals surface area contributed by atoms with E-state index >= 15 is 0 Å². The number of benzene rings is 2. The molecule has 0 amide bonds. The van der Waals surface area contributed by atoms with Gasteiger partial charge < -0.3 is 0 Å². The molecular formula is C32H45F. The van der Waals surface area contributed by atoms with Crippen LogP contribution in [0.5, 0.6) is 0 Å². The fraction of sp³-hybridized carbons (Fsp3) is 0.625. The molecule has 2 aromatic rings. The van der Waals surface area contributed by atoms with Crippen LogP contribution in [0.25, 0.3) is 11.1 Å². The minimum Gasteiger partial charge on any atom is -0.251 e. The van der Waals surface area contributed by atoms with E-state index in [9.17, 15) is 4.39 Å². The maximum Gasteiger partial charge on any atom is 0.0897 e. The Kier molecular flexibility index (Phi) is 9.45.